The maximum atomic E-state index is 9.42. The summed E-state index contributed by atoms with van der Waals surface area (Å²) in [5.74, 6) is 0.374. The van der Waals surface area contributed by atoms with Crippen LogP contribution in [-0.4, -0.2) is 18.7 Å². The van der Waals surface area contributed by atoms with Crippen LogP contribution in [0.15, 0.2) is 23.8 Å². The minimum absolute atomic E-state index is 0.374. The molecule has 1 aromatic rings. The zero-order chi connectivity index (χ0) is 10.8. The Morgan fingerprint density at radius 1 is 1.33 bits per heavy atom. The van der Waals surface area contributed by atoms with Crippen molar-refractivity contribution in [2.24, 2.45) is 0 Å². The van der Waals surface area contributed by atoms with Gasteiger partial charge in [-0.25, -0.2) is 0 Å². The van der Waals surface area contributed by atoms with Crippen LogP contribution in [-0.2, 0) is 6.42 Å². The topological polar surface area (TPSA) is 32.3 Å². The molecule has 1 aromatic carbocycles. The van der Waals surface area contributed by atoms with Crippen LogP contribution in [0.1, 0.15) is 24.5 Å². The zero-order valence-electron chi connectivity index (χ0n) is 9.30. The van der Waals surface area contributed by atoms with Crippen molar-refractivity contribution in [1.29, 1.82) is 0 Å². The molecular formula is C13H17NO. The van der Waals surface area contributed by atoms with Crippen molar-refractivity contribution >= 4 is 5.57 Å². The van der Waals surface area contributed by atoms with E-state index < -0.39 is 0 Å². The summed E-state index contributed by atoms with van der Waals surface area (Å²) in [5, 5.41) is 12.6. The number of allylic oxidation sites excluding steroid dienone is 1. The minimum Gasteiger partial charge on any atom is -0.508 e. The second kappa shape index (κ2) is 4.07. The first-order valence-corrected chi connectivity index (χ1v) is 5.38. The third-order valence-corrected chi connectivity index (χ3v) is 3.11. The van der Waals surface area contributed by atoms with Gasteiger partial charge in [0.2, 0.25) is 0 Å². The summed E-state index contributed by atoms with van der Waals surface area (Å²) in [7, 11) is 1.98. The van der Waals surface area contributed by atoms with Gasteiger partial charge in [-0.15, -0.1) is 0 Å². The molecule has 2 nitrogen and oxygen atoms in total. The summed E-state index contributed by atoms with van der Waals surface area (Å²) >= 11 is 0. The Balaban J connectivity index is 2.42. The van der Waals surface area contributed by atoms with Crippen molar-refractivity contribution in [3.8, 4) is 5.75 Å². The van der Waals surface area contributed by atoms with Crippen LogP contribution in [0.25, 0.3) is 5.57 Å². The summed E-state index contributed by atoms with van der Waals surface area (Å²) in [4.78, 5) is 0. The molecule has 2 heteroatoms. The lowest BCUT2D eigenvalue weighted by molar-refractivity contribution is 0.474. The highest BCUT2D eigenvalue weighted by Crippen LogP contribution is 2.32. The first-order valence-electron chi connectivity index (χ1n) is 5.38. The standard InChI is InChI=1S/C13H17NO/c1-9-11(8-14-2)4-3-10-7-12(15)5-6-13(9)10/h5-7,14-15H,3-4,8H2,1-2H3. The van der Waals surface area contributed by atoms with Crippen molar-refractivity contribution in [1.82, 2.24) is 5.32 Å². The fourth-order valence-corrected chi connectivity index (χ4v) is 2.25. The predicted octanol–water partition coefficient (Wildman–Crippen LogP) is 2.33. The first-order chi connectivity index (χ1) is 7.22. The third-order valence-electron chi connectivity index (χ3n) is 3.11. The van der Waals surface area contributed by atoms with Crippen LogP contribution in [0.2, 0.25) is 0 Å². The van der Waals surface area contributed by atoms with E-state index in [-0.39, 0.29) is 0 Å². The molecule has 0 radical (unpaired) electrons. The van der Waals surface area contributed by atoms with E-state index >= 15 is 0 Å². The van der Waals surface area contributed by atoms with Crippen molar-refractivity contribution < 1.29 is 5.11 Å². The molecular weight excluding hydrogens is 186 g/mol. The van der Waals surface area contributed by atoms with Crippen LogP contribution in [0.3, 0.4) is 0 Å². The van der Waals surface area contributed by atoms with Gasteiger partial charge in [0.1, 0.15) is 5.75 Å². The summed E-state index contributed by atoms with van der Waals surface area (Å²) in [5.41, 5.74) is 5.41. The zero-order valence-corrected chi connectivity index (χ0v) is 9.30. The highest BCUT2D eigenvalue weighted by atomic mass is 16.3. The van der Waals surface area contributed by atoms with Crippen molar-refractivity contribution in [2.75, 3.05) is 13.6 Å². The van der Waals surface area contributed by atoms with Crippen LogP contribution >= 0.6 is 0 Å². The molecule has 1 aliphatic rings. The van der Waals surface area contributed by atoms with E-state index in [0.29, 0.717) is 5.75 Å². The summed E-state index contributed by atoms with van der Waals surface area (Å²) in [6.07, 6.45) is 2.14. The van der Waals surface area contributed by atoms with Gasteiger partial charge >= 0.3 is 0 Å². The number of aromatic hydroxyl groups is 1. The van der Waals surface area contributed by atoms with Gasteiger partial charge in [0.05, 0.1) is 0 Å². The van der Waals surface area contributed by atoms with Gasteiger partial charge in [-0.2, -0.15) is 0 Å². The fourth-order valence-electron chi connectivity index (χ4n) is 2.25. The van der Waals surface area contributed by atoms with Gasteiger partial charge < -0.3 is 10.4 Å². The fraction of sp³-hybridized carbons (Fsp3) is 0.385. The first kappa shape index (κ1) is 10.2. The SMILES string of the molecule is CNCC1=C(C)c2ccc(O)cc2CC1. The average molecular weight is 203 g/mol. The van der Waals surface area contributed by atoms with E-state index in [0.717, 1.165) is 19.4 Å². The number of hydrogen-bond donors (Lipinski definition) is 2. The van der Waals surface area contributed by atoms with Gasteiger partial charge in [0, 0.05) is 6.54 Å². The normalized spacial score (nSPS) is 15.3. The average Bonchev–Trinajstić information content (AvgIpc) is 2.22. The minimum atomic E-state index is 0.374. The number of benzene rings is 1. The van der Waals surface area contributed by atoms with E-state index in [2.05, 4.69) is 12.2 Å². The Morgan fingerprint density at radius 3 is 2.87 bits per heavy atom. The van der Waals surface area contributed by atoms with E-state index in [1.54, 1.807) is 6.07 Å². The van der Waals surface area contributed by atoms with Gasteiger partial charge in [-0.3, -0.25) is 0 Å². The Kier molecular flexibility index (Phi) is 2.78. The summed E-state index contributed by atoms with van der Waals surface area (Å²) in [6, 6.07) is 5.68. The Labute approximate surface area is 90.6 Å². The summed E-state index contributed by atoms with van der Waals surface area (Å²) in [6.45, 7) is 3.13. The lowest BCUT2D eigenvalue weighted by Crippen LogP contribution is -2.15. The van der Waals surface area contributed by atoms with E-state index in [1.165, 1.54) is 22.3 Å². The largest absolute Gasteiger partial charge is 0.508 e. The molecule has 0 saturated heterocycles. The number of fused-ring (bicyclic) bond motifs is 1. The third kappa shape index (κ3) is 1.90. The molecule has 0 aromatic heterocycles. The van der Waals surface area contributed by atoms with Crippen LogP contribution < -0.4 is 5.32 Å². The number of hydrogen-bond acceptors (Lipinski definition) is 2. The molecule has 15 heavy (non-hydrogen) atoms. The molecule has 0 amide bonds. The molecule has 1 aliphatic carbocycles. The maximum absolute atomic E-state index is 9.42. The Morgan fingerprint density at radius 2 is 2.13 bits per heavy atom. The molecule has 0 unspecified atom stereocenters. The molecule has 2 rings (SSSR count). The molecule has 0 aliphatic heterocycles. The smallest absolute Gasteiger partial charge is 0.115 e. The highest BCUT2D eigenvalue weighted by Gasteiger charge is 2.15. The molecule has 0 atom stereocenters. The number of nitrogens with one attached hydrogen (secondary N) is 1. The van der Waals surface area contributed by atoms with E-state index in [4.69, 9.17) is 0 Å². The number of aryl methyl sites for hydroxylation is 1. The predicted molar refractivity (Wildman–Crippen MR) is 62.9 cm³/mol. The Hall–Kier alpha value is -1.28. The van der Waals surface area contributed by atoms with Crippen LogP contribution in [0.5, 0.6) is 5.75 Å². The second-order valence-electron chi connectivity index (χ2n) is 4.10. The van der Waals surface area contributed by atoms with E-state index in [9.17, 15) is 5.11 Å². The van der Waals surface area contributed by atoms with Crippen molar-refractivity contribution in [3.05, 3.63) is 34.9 Å². The van der Waals surface area contributed by atoms with Gasteiger partial charge in [-0.1, -0.05) is 11.6 Å². The van der Waals surface area contributed by atoms with Gasteiger partial charge in [-0.05, 0) is 55.6 Å². The lowest BCUT2D eigenvalue weighted by atomic mass is 9.86. The van der Waals surface area contributed by atoms with Crippen LogP contribution in [0, 0.1) is 0 Å². The lowest BCUT2D eigenvalue weighted by Gasteiger charge is -2.21. The number of phenols is 1. The quantitative estimate of drug-likeness (QED) is 0.773. The second-order valence-corrected chi connectivity index (χ2v) is 4.10. The van der Waals surface area contributed by atoms with Crippen molar-refractivity contribution in [2.45, 2.75) is 19.8 Å². The van der Waals surface area contributed by atoms with Gasteiger partial charge in [0.25, 0.3) is 0 Å². The highest BCUT2D eigenvalue weighted by molar-refractivity contribution is 5.72. The molecule has 0 bridgehead atoms. The Bertz CT molecular complexity index is 407. The van der Waals surface area contributed by atoms with Crippen LogP contribution in [0.4, 0.5) is 0 Å². The molecule has 0 fully saturated rings. The molecule has 80 valence electrons. The monoisotopic (exact) mass is 203 g/mol. The van der Waals surface area contributed by atoms with Crippen molar-refractivity contribution in [3.63, 3.8) is 0 Å². The molecule has 0 spiro atoms. The molecule has 0 saturated carbocycles. The number of phenolic OH excluding ortho intramolecular Hbond substituents is 1. The maximum Gasteiger partial charge on any atom is 0.115 e. The van der Waals surface area contributed by atoms with E-state index in [1.807, 2.05) is 19.2 Å². The number of rotatable bonds is 2. The number of likely N-dealkylation sites (N-methyl/N-ethyl adjacent to an activating group) is 1. The van der Waals surface area contributed by atoms with Gasteiger partial charge in [0.15, 0.2) is 0 Å². The molecule has 2 N–H and O–H groups in total. The molecule has 0 heterocycles. The summed E-state index contributed by atoms with van der Waals surface area (Å²) < 4.78 is 0.